The number of nitrogens with zero attached hydrogens (tertiary/aromatic N) is 1. The third-order valence-corrected chi connectivity index (χ3v) is 4.23. The molecule has 2 N–H and O–H groups in total. The fourth-order valence-corrected chi connectivity index (χ4v) is 2.51. The quantitative estimate of drug-likeness (QED) is 0.900. The Balaban J connectivity index is 1.87. The summed E-state index contributed by atoms with van der Waals surface area (Å²) in [5.41, 5.74) is 1.69. The summed E-state index contributed by atoms with van der Waals surface area (Å²) >= 11 is 6.03. The predicted molar refractivity (Wildman–Crippen MR) is 81.0 cm³/mol. The van der Waals surface area contributed by atoms with E-state index in [-0.39, 0.29) is 12.0 Å². The normalized spacial score (nSPS) is 23.6. The molecule has 0 bridgehead atoms. The lowest BCUT2D eigenvalue weighted by atomic mass is 9.96. The number of amides is 1. The predicted octanol–water partition coefficient (Wildman–Crippen LogP) is 2.29. The highest BCUT2D eigenvalue weighted by Crippen LogP contribution is 2.20. The topological polar surface area (TPSA) is 52.6 Å². The Morgan fingerprint density at radius 2 is 2.30 bits per heavy atom. The van der Waals surface area contributed by atoms with Crippen LogP contribution in [-0.2, 0) is 4.79 Å². The molecule has 2 rings (SSSR count). The summed E-state index contributed by atoms with van der Waals surface area (Å²) in [4.78, 5) is 14.0. The molecule has 1 heterocycles. The van der Waals surface area contributed by atoms with Crippen molar-refractivity contribution in [1.29, 1.82) is 0 Å². The van der Waals surface area contributed by atoms with Crippen molar-refractivity contribution in [2.45, 2.75) is 26.4 Å². The highest BCUT2D eigenvalue weighted by molar-refractivity contribution is 6.31. The molecule has 4 nitrogen and oxygen atoms in total. The van der Waals surface area contributed by atoms with E-state index in [0.717, 1.165) is 18.5 Å². The molecule has 1 aromatic carbocycles. The minimum atomic E-state index is -0.342. The number of benzene rings is 1. The fraction of sp³-hybridized carbons (Fsp3) is 0.533. The number of aliphatic hydroxyl groups excluding tert-OH is 1. The molecule has 1 saturated heterocycles. The van der Waals surface area contributed by atoms with E-state index in [1.165, 1.54) is 0 Å². The Hall–Kier alpha value is -1.10. The van der Waals surface area contributed by atoms with Crippen LogP contribution in [0.2, 0.25) is 5.02 Å². The van der Waals surface area contributed by atoms with Gasteiger partial charge in [-0.25, -0.2) is 0 Å². The summed E-state index contributed by atoms with van der Waals surface area (Å²) < 4.78 is 0. The van der Waals surface area contributed by atoms with Crippen LogP contribution >= 0.6 is 11.6 Å². The van der Waals surface area contributed by atoms with Crippen molar-refractivity contribution < 1.29 is 9.90 Å². The van der Waals surface area contributed by atoms with Crippen molar-refractivity contribution in [3.05, 3.63) is 28.8 Å². The number of carbonyl (C=O) groups excluding carboxylic acids is 1. The van der Waals surface area contributed by atoms with Gasteiger partial charge >= 0.3 is 0 Å². The van der Waals surface area contributed by atoms with Crippen LogP contribution in [0.3, 0.4) is 0 Å². The van der Waals surface area contributed by atoms with E-state index in [0.29, 0.717) is 29.7 Å². The van der Waals surface area contributed by atoms with Gasteiger partial charge in [-0.1, -0.05) is 24.6 Å². The zero-order chi connectivity index (χ0) is 14.7. The molecule has 2 unspecified atom stereocenters. The number of aryl methyl sites for hydroxylation is 1. The summed E-state index contributed by atoms with van der Waals surface area (Å²) in [6.07, 6.45) is 0.579. The number of anilines is 1. The van der Waals surface area contributed by atoms with Gasteiger partial charge in [0.2, 0.25) is 5.91 Å². The second-order valence-electron chi connectivity index (χ2n) is 5.58. The van der Waals surface area contributed by atoms with Crippen molar-refractivity contribution in [3.8, 4) is 0 Å². The minimum Gasteiger partial charge on any atom is -0.392 e. The summed E-state index contributed by atoms with van der Waals surface area (Å²) in [6.45, 7) is 5.67. The average molecular weight is 297 g/mol. The molecule has 0 aromatic heterocycles. The van der Waals surface area contributed by atoms with Crippen molar-refractivity contribution in [3.63, 3.8) is 0 Å². The molecule has 1 aliphatic rings. The van der Waals surface area contributed by atoms with Gasteiger partial charge in [0.15, 0.2) is 0 Å². The third-order valence-electron chi connectivity index (χ3n) is 3.83. The SMILES string of the molecule is Cc1ccc(NC(=O)CN2CCC(C)C(O)C2)cc1Cl. The second kappa shape index (κ2) is 6.57. The highest BCUT2D eigenvalue weighted by atomic mass is 35.5. The number of aliphatic hydroxyl groups is 1. The van der Waals surface area contributed by atoms with Crippen molar-refractivity contribution in [2.24, 2.45) is 5.92 Å². The van der Waals surface area contributed by atoms with Crippen LogP contribution in [0.5, 0.6) is 0 Å². The largest absolute Gasteiger partial charge is 0.392 e. The molecule has 1 aromatic rings. The van der Waals surface area contributed by atoms with Crippen LogP contribution in [0.4, 0.5) is 5.69 Å². The van der Waals surface area contributed by atoms with Gasteiger partial charge in [0, 0.05) is 17.3 Å². The maximum Gasteiger partial charge on any atom is 0.238 e. The summed E-state index contributed by atoms with van der Waals surface area (Å²) in [6, 6.07) is 5.47. The Kier molecular flexibility index (Phi) is 5.02. The van der Waals surface area contributed by atoms with Crippen LogP contribution in [0, 0.1) is 12.8 Å². The van der Waals surface area contributed by atoms with E-state index in [4.69, 9.17) is 11.6 Å². The number of β-amino-alcohol motifs (C(OH)–C–C–N with tert-alkyl or cyclic N) is 1. The van der Waals surface area contributed by atoms with Crippen LogP contribution in [0.1, 0.15) is 18.9 Å². The number of nitrogens with one attached hydrogen (secondary N) is 1. The van der Waals surface area contributed by atoms with E-state index in [2.05, 4.69) is 5.32 Å². The Morgan fingerprint density at radius 3 is 2.95 bits per heavy atom. The third kappa shape index (κ3) is 3.95. The van der Waals surface area contributed by atoms with Crippen LogP contribution in [-0.4, -0.2) is 41.7 Å². The first-order chi connectivity index (χ1) is 9.45. The van der Waals surface area contributed by atoms with Crippen molar-refractivity contribution in [1.82, 2.24) is 4.90 Å². The van der Waals surface area contributed by atoms with Crippen LogP contribution < -0.4 is 5.32 Å². The molecular weight excluding hydrogens is 276 g/mol. The van der Waals surface area contributed by atoms with Gasteiger partial charge in [-0.15, -0.1) is 0 Å². The van der Waals surface area contributed by atoms with E-state index < -0.39 is 0 Å². The van der Waals surface area contributed by atoms with E-state index in [9.17, 15) is 9.90 Å². The van der Waals surface area contributed by atoms with Crippen molar-refractivity contribution >= 4 is 23.2 Å². The molecule has 0 spiro atoms. The standard InChI is InChI=1S/C15H21ClN2O2/c1-10-3-4-12(7-13(10)16)17-15(20)9-18-6-5-11(2)14(19)8-18/h3-4,7,11,14,19H,5-6,8-9H2,1-2H3,(H,17,20). The smallest absolute Gasteiger partial charge is 0.238 e. The number of rotatable bonds is 3. The summed E-state index contributed by atoms with van der Waals surface area (Å²) in [7, 11) is 0. The number of likely N-dealkylation sites (tertiary alicyclic amines) is 1. The van der Waals surface area contributed by atoms with Gasteiger partial charge in [-0.2, -0.15) is 0 Å². The molecule has 20 heavy (non-hydrogen) atoms. The summed E-state index contributed by atoms with van der Waals surface area (Å²) in [5.74, 6) is 0.233. The lowest BCUT2D eigenvalue weighted by Gasteiger charge is -2.33. The fourth-order valence-electron chi connectivity index (χ4n) is 2.33. The van der Waals surface area contributed by atoms with Gasteiger partial charge in [0.25, 0.3) is 0 Å². The maximum absolute atomic E-state index is 12.0. The van der Waals surface area contributed by atoms with Gasteiger partial charge < -0.3 is 10.4 Å². The van der Waals surface area contributed by atoms with Gasteiger partial charge in [-0.3, -0.25) is 9.69 Å². The lowest BCUT2D eigenvalue weighted by molar-refractivity contribution is -0.118. The Morgan fingerprint density at radius 1 is 1.55 bits per heavy atom. The number of hydrogen-bond donors (Lipinski definition) is 2. The number of halogens is 1. The molecule has 0 radical (unpaired) electrons. The molecule has 2 atom stereocenters. The first-order valence-electron chi connectivity index (χ1n) is 6.92. The minimum absolute atomic E-state index is 0.0772. The van der Waals surface area contributed by atoms with E-state index in [1.54, 1.807) is 6.07 Å². The highest BCUT2D eigenvalue weighted by Gasteiger charge is 2.25. The van der Waals surface area contributed by atoms with E-state index in [1.807, 2.05) is 30.9 Å². The second-order valence-corrected chi connectivity index (χ2v) is 5.99. The van der Waals surface area contributed by atoms with Crippen LogP contribution in [0.25, 0.3) is 0 Å². The van der Waals surface area contributed by atoms with Crippen LogP contribution in [0.15, 0.2) is 18.2 Å². The van der Waals surface area contributed by atoms with Gasteiger partial charge in [0.05, 0.1) is 12.6 Å². The molecule has 110 valence electrons. The number of carbonyl (C=O) groups is 1. The Bertz CT molecular complexity index is 493. The van der Waals surface area contributed by atoms with Crippen molar-refractivity contribution in [2.75, 3.05) is 25.0 Å². The zero-order valence-electron chi connectivity index (χ0n) is 11.9. The molecule has 5 heteroatoms. The Labute approximate surface area is 124 Å². The first kappa shape index (κ1) is 15.3. The molecule has 1 fully saturated rings. The molecule has 0 saturated carbocycles. The maximum atomic E-state index is 12.0. The van der Waals surface area contributed by atoms with E-state index >= 15 is 0 Å². The monoisotopic (exact) mass is 296 g/mol. The number of hydrogen-bond acceptors (Lipinski definition) is 3. The average Bonchev–Trinajstić information content (AvgIpc) is 2.38. The molecule has 0 aliphatic carbocycles. The van der Waals surface area contributed by atoms with Gasteiger partial charge in [-0.05, 0) is 43.5 Å². The lowest BCUT2D eigenvalue weighted by Crippen LogP contribution is -2.45. The molecular formula is C15H21ClN2O2. The number of piperidine rings is 1. The van der Waals surface area contributed by atoms with Gasteiger partial charge in [0.1, 0.15) is 0 Å². The molecule has 1 amide bonds. The first-order valence-corrected chi connectivity index (χ1v) is 7.30. The molecule has 1 aliphatic heterocycles. The summed E-state index contributed by atoms with van der Waals surface area (Å²) in [5, 5.41) is 13.3. The zero-order valence-corrected chi connectivity index (χ0v) is 12.7.